The normalized spacial score (nSPS) is 18.4. The van der Waals surface area contributed by atoms with Crippen molar-refractivity contribution in [3.05, 3.63) is 35.5 Å². The van der Waals surface area contributed by atoms with Gasteiger partial charge in [0.1, 0.15) is 0 Å². The van der Waals surface area contributed by atoms with Crippen molar-refractivity contribution in [2.45, 2.75) is 41.5 Å². The number of carbonyl (C=O) groups is 1. The largest absolute Gasteiger partial charge is 0.289 e. The number of allylic oxidation sites excluding steroid dienone is 5. The lowest BCUT2D eigenvalue weighted by Crippen LogP contribution is -2.24. The Kier molecular flexibility index (Phi) is 3.02. The van der Waals surface area contributed by atoms with Crippen LogP contribution in [0.1, 0.15) is 41.5 Å². The van der Waals surface area contributed by atoms with Gasteiger partial charge in [0.2, 0.25) is 0 Å². The average molecular weight is 218 g/mol. The fourth-order valence-corrected chi connectivity index (χ4v) is 1.68. The monoisotopic (exact) mass is 218 g/mol. The smallest absolute Gasteiger partial charge is 0.188 e. The molecule has 88 valence electrons. The molecular formula is C15H22O. The molecule has 16 heavy (non-hydrogen) atoms. The van der Waals surface area contributed by atoms with Gasteiger partial charge in [0, 0.05) is 11.1 Å². The SMILES string of the molecule is C=C1C=C(C(C)(C)C)C=C(C(C)(C)C)C1=O. The van der Waals surface area contributed by atoms with Crippen molar-refractivity contribution in [3.63, 3.8) is 0 Å². The predicted octanol–water partition coefficient (Wildman–Crippen LogP) is 4.07. The first-order chi connectivity index (χ1) is 7.03. The molecule has 0 radical (unpaired) electrons. The number of hydrogen-bond donors (Lipinski definition) is 0. The fraction of sp³-hybridized carbons (Fsp3) is 0.533. The zero-order chi connectivity index (χ0) is 12.7. The summed E-state index contributed by atoms with van der Waals surface area (Å²) in [5.74, 6) is 0.0838. The van der Waals surface area contributed by atoms with Gasteiger partial charge in [-0.25, -0.2) is 0 Å². The molecule has 0 aliphatic heterocycles. The van der Waals surface area contributed by atoms with Crippen LogP contribution in [0.2, 0.25) is 0 Å². The van der Waals surface area contributed by atoms with E-state index in [1.165, 1.54) is 5.57 Å². The molecule has 0 aromatic carbocycles. The zero-order valence-corrected chi connectivity index (χ0v) is 11.3. The van der Waals surface area contributed by atoms with Crippen LogP contribution in [0, 0.1) is 10.8 Å². The van der Waals surface area contributed by atoms with Crippen LogP contribution in [0.15, 0.2) is 35.5 Å². The fourth-order valence-electron chi connectivity index (χ4n) is 1.68. The second-order valence-electron chi connectivity index (χ2n) is 6.51. The first-order valence-corrected chi connectivity index (χ1v) is 5.71. The minimum atomic E-state index is -0.120. The van der Waals surface area contributed by atoms with E-state index in [1.54, 1.807) is 0 Å². The molecule has 0 aromatic rings. The molecule has 1 heteroatoms. The Hall–Kier alpha value is -1.11. The highest BCUT2D eigenvalue weighted by Gasteiger charge is 2.30. The molecule has 0 fully saturated rings. The summed E-state index contributed by atoms with van der Waals surface area (Å²) in [6.07, 6.45) is 3.95. The van der Waals surface area contributed by atoms with Gasteiger partial charge >= 0.3 is 0 Å². The summed E-state index contributed by atoms with van der Waals surface area (Å²) in [6, 6.07) is 0. The quantitative estimate of drug-likeness (QED) is 0.560. The maximum atomic E-state index is 12.0. The highest BCUT2D eigenvalue weighted by Crippen LogP contribution is 2.37. The van der Waals surface area contributed by atoms with Gasteiger partial charge in [0.05, 0.1) is 0 Å². The van der Waals surface area contributed by atoms with Crippen molar-refractivity contribution in [1.82, 2.24) is 0 Å². The molecule has 1 aliphatic carbocycles. The van der Waals surface area contributed by atoms with Gasteiger partial charge < -0.3 is 0 Å². The Bertz CT molecular complexity index is 392. The van der Waals surface area contributed by atoms with E-state index in [9.17, 15) is 4.79 Å². The van der Waals surface area contributed by atoms with Gasteiger partial charge in [-0.1, -0.05) is 54.2 Å². The summed E-state index contributed by atoms with van der Waals surface area (Å²) in [6.45, 7) is 16.5. The van der Waals surface area contributed by atoms with Crippen LogP contribution in [0.25, 0.3) is 0 Å². The Balaban J connectivity index is 3.29. The molecular weight excluding hydrogens is 196 g/mol. The molecule has 1 rings (SSSR count). The van der Waals surface area contributed by atoms with Crippen LogP contribution in [0.5, 0.6) is 0 Å². The Morgan fingerprint density at radius 3 is 1.81 bits per heavy atom. The van der Waals surface area contributed by atoms with Gasteiger partial charge in [-0.2, -0.15) is 0 Å². The van der Waals surface area contributed by atoms with Gasteiger partial charge in [0.25, 0.3) is 0 Å². The lowest BCUT2D eigenvalue weighted by atomic mass is 9.74. The van der Waals surface area contributed by atoms with Gasteiger partial charge in [-0.15, -0.1) is 0 Å². The minimum Gasteiger partial charge on any atom is -0.289 e. The first-order valence-electron chi connectivity index (χ1n) is 5.71. The van der Waals surface area contributed by atoms with Crippen LogP contribution in [0.4, 0.5) is 0 Å². The van der Waals surface area contributed by atoms with Gasteiger partial charge in [-0.3, -0.25) is 4.79 Å². The molecule has 0 saturated heterocycles. The highest BCUT2D eigenvalue weighted by atomic mass is 16.1. The Morgan fingerprint density at radius 2 is 1.44 bits per heavy atom. The number of carbonyl (C=O) groups excluding carboxylic acids is 1. The lowest BCUT2D eigenvalue weighted by Gasteiger charge is -2.30. The van der Waals surface area contributed by atoms with Crippen molar-refractivity contribution in [3.8, 4) is 0 Å². The molecule has 1 nitrogen and oxygen atoms in total. The summed E-state index contributed by atoms with van der Waals surface area (Å²) in [5.41, 5.74) is 2.59. The van der Waals surface area contributed by atoms with E-state index in [1.807, 2.05) is 12.2 Å². The summed E-state index contributed by atoms with van der Waals surface area (Å²) >= 11 is 0. The predicted molar refractivity (Wildman–Crippen MR) is 69.2 cm³/mol. The van der Waals surface area contributed by atoms with E-state index in [2.05, 4.69) is 48.1 Å². The second-order valence-corrected chi connectivity index (χ2v) is 6.51. The highest BCUT2D eigenvalue weighted by molar-refractivity contribution is 6.12. The molecule has 0 atom stereocenters. The summed E-state index contributed by atoms with van der Waals surface area (Å²) in [5, 5.41) is 0. The molecule has 0 heterocycles. The molecule has 0 spiro atoms. The van der Waals surface area contributed by atoms with Crippen LogP contribution >= 0.6 is 0 Å². The second kappa shape index (κ2) is 3.73. The van der Waals surface area contributed by atoms with Crippen molar-refractivity contribution < 1.29 is 4.79 Å². The zero-order valence-electron chi connectivity index (χ0n) is 11.3. The molecule has 0 aromatic heterocycles. The molecule has 0 saturated carbocycles. The van der Waals surface area contributed by atoms with Crippen molar-refractivity contribution in [2.24, 2.45) is 10.8 Å². The van der Waals surface area contributed by atoms with Crippen LogP contribution in [0.3, 0.4) is 0 Å². The van der Waals surface area contributed by atoms with Crippen LogP contribution in [-0.2, 0) is 4.79 Å². The first kappa shape index (κ1) is 13.0. The van der Waals surface area contributed by atoms with Crippen molar-refractivity contribution in [1.29, 1.82) is 0 Å². The van der Waals surface area contributed by atoms with E-state index < -0.39 is 0 Å². The van der Waals surface area contributed by atoms with Gasteiger partial charge in [-0.05, 0) is 22.5 Å². The maximum absolute atomic E-state index is 12.0. The third kappa shape index (κ3) is 2.52. The standard InChI is InChI=1S/C15H22O/c1-10-8-11(14(2,3)4)9-12(13(10)16)15(5,6)7/h8-9H,1H2,2-7H3. The maximum Gasteiger partial charge on any atom is 0.188 e. The Morgan fingerprint density at radius 1 is 0.938 bits per heavy atom. The average Bonchev–Trinajstić information content (AvgIpc) is 2.05. The molecule has 0 N–H and O–H groups in total. The lowest BCUT2D eigenvalue weighted by molar-refractivity contribution is -0.112. The molecule has 0 amide bonds. The summed E-state index contributed by atoms with van der Waals surface area (Å²) in [4.78, 5) is 12.0. The number of hydrogen-bond acceptors (Lipinski definition) is 1. The number of ketones is 1. The summed E-state index contributed by atoms with van der Waals surface area (Å²) < 4.78 is 0. The van der Waals surface area contributed by atoms with Crippen molar-refractivity contribution >= 4 is 5.78 Å². The molecule has 0 bridgehead atoms. The van der Waals surface area contributed by atoms with E-state index in [0.717, 1.165) is 5.57 Å². The summed E-state index contributed by atoms with van der Waals surface area (Å²) in [7, 11) is 0. The third-order valence-corrected chi connectivity index (χ3v) is 2.84. The van der Waals surface area contributed by atoms with E-state index in [0.29, 0.717) is 5.57 Å². The van der Waals surface area contributed by atoms with Crippen molar-refractivity contribution in [2.75, 3.05) is 0 Å². The van der Waals surface area contributed by atoms with Crippen LogP contribution < -0.4 is 0 Å². The molecule has 0 unspecified atom stereocenters. The van der Waals surface area contributed by atoms with Crippen LogP contribution in [-0.4, -0.2) is 5.78 Å². The van der Waals surface area contributed by atoms with E-state index >= 15 is 0 Å². The number of rotatable bonds is 0. The number of Topliss-reactive ketones (excluding diaryl/α,β-unsaturated/α-hetero) is 1. The third-order valence-electron chi connectivity index (χ3n) is 2.84. The minimum absolute atomic E-state index is 0.0557. The van der Waals surface area contributed by atoms with E-state index in [-0.39, 0.29) is 16.6 Å². The Labute approximate surface area is 98.9 Å². The topological polar surface area (TPSA) is 17.1 Å². The van der Waals surface area contributed by atoms with E-state index in [4.69, 9.17) is 0 Å². The van der Waals surface area contributed by atoms with Gasteiger partial charge in [0.15, 0.2) is 5.78 Å². The molecule has 1 aliphatic rings.